The molecule has 0 atom stereocenters. The molecule has 0 bridgehead atoms. The van der Waals surface area contributed by atoms with E-state index in [9.17, 15) is 9.59 Å². The van der Waals surface area contributed by atoms with E-state index in [-0.39, 0.29) is 11.1 Å². The van der Waals surface area contributed by atoms with Crippen molar-refractivity contribution in [1.29, 1.82) is 0 Å². The Bertz CT molecular complexity index is 618. The van der Waals surface area contributed by atoms with Gasteiger partial charge in [-0.2, -0.15) is 0 Å². The molecule has 2 heterocycles. The van der Waals surface area contributed by atoms with E-state index in [0.717, 1.165) is 36.8 Å². The molecule has 0 saturated carbocycles. The molecule has 2 saturated heterocycles. The predicted molar refractivity (Wildman–Crippen MR) is 95.5 cm³/mol. The lowest BCUT2D eigenvalue weighted by Gasteiger charge is -2.28. The summed E-state index contributed by atoms with van der Waals surface area (Å²) in [6.07, 6.45) is 6.44. The minimum Gasteiger partial charge on any atom is -0.372 e. The third-order valence-corrected chi connectivity index (χ3v) is 5.14. The molecule has 0 N–H and O–H groups in total. The molecule has 2 aliphatic heterocycles. The Morgan fingerprint density at radius 2 is 1.78 bits per heavy atom. The van der Waals surface area contributed by atoms with Crippen molar-refractivity contribution >= 4 is 34.7 Å². The Morgan fingerprint density at radius 1 is 1.09 bits per heavy atom. The van der Waals surface area contributed by atoms with Crippen LogP contribution in [0.1, 0.15) is 38.2 Å². The summed E-state index contributed by atoms with van der Waals surface area (Å²) in [6.45, 7) is 4.70. The van der Waals surface area contributed by atoms with Gasteiger partial charge >= 0.3 is 0 Å². The molecular weight excluding hydrogens is 308 g/mol. The molecule has 5 heteroatoms. The molecular formula is C18H22N2O2S. The largest absolute Gasteiger partial charge is 0.372 e. The normalized spacial score (nSPS) is 20.7. The van der Waals surface area contributed by atoms with Crippen molar-refractivity contribution in [1.82, 2.24) is 4.90 Å². The van der Waals surface area contributed by atoms with Gasteiger partial charge in [0.15, 0.2) is 0 Å². The fourth-order valence-corrected chi connectivity index (χ4v) is 3.87. The zero-order chi connectivity index (χ0) is 16.2. The van der Waals surface area contributed by atoms with E-state index in [1.807, 2.05) is 25.1 Å². The number of piperidine rings is 1. The highest BCUT2D eigenvalue weighted by molar-refractivity contribution is 8.18. The lowest BCUT2D eigenvalue weighted by atomic mass is 10.1. The van der Waals surface area contributed by atoms with E-state index in [1.54, 1.807) is 0 Å². The molecule has 23 heavy (non-hydrogen) atoms. The van der Waals surface area contributed by atoms with Crippen molar-refractivity contribution in [2.24, 2.45) is 0 Å². The Labute approximate surface area is 141 Å². The zero-order valence-corrected chi connectivity index (χ0v) is 14.3. The molecule has 2 fully saturated rings. The molecule has 122 valence electrons. The first-order chi connectivity index (χ1) is 11.2. The maximum atomic E-state index is 12.2. The van der Waals surface area contributed by atoms with Crippen molar-refractivity contribution in [2.45, 2.75) is 32.6 Å². The summed E-state index contributed by atoms with van der Waals surface area (Å²) in [6, 6.07) is 8.26. The van der Waals surface area contributed by atoms with Crippen LogP contribution in [-0.4, -0.2) is 35.7 Å². The number of rotatable bonds is 4. The van der Waals surface area contributed by atoms with E-state index in [4.69, 9.17) is 0 Å². The second-order valence-corrected chi connectivity index (χ2v) is 6.97. The molecule has 0 aromatic heterocycles. The quantitative estimate of drug-likeness (QED) is 0.779. The number of amides is 2. The molecule has 0 aliphatic carbocycles. The van der Waals surface area contributed by atoms with Gasteiger partial charge in [0.2, 0.25) is 0 Å². The number of imide groups is 1. The minimum absolute atomic E-state index is 0.159. The SMILES string of the molecule is CCCN1C(=O)S/C(=C\c2ccc(N3CCCCC3)cc2)C1=O. The van der Waals surface area contributed by atoms with Gasteiger partial charge < -0.3 is 4.90 Å². The summed E-state index contributed by atoms with van der Waals surface area (Å²) < 4.78 is 0. The molecule has 3 rings (SSSR count). The van der Waals surface area contributed by atoms with Crippen LogP contribution in [0.4, 0.5) is 10.5 Å². The fourth-order valence-electron chi connectivity index (χ4n) is 3.00. The average Bonchev–Trinajstić information content (AvgIpc) is 2.84. The summed E-state index contributed by atoms with van der Waals surface area (Å²) in [5, 5.41) is -0.159. The van der Waals surface area contributed by atoms with Crippen molar-refractivity contribution in [3.63, 3.8) is 0 Å². The second-order valence-electron chi connectivity index (χ2n) is 5.97. The Balaban J connectivity index is 1.72. The summed E-state index contributed by atoms with van der Waals surface area (Å²) in [5.41, 5.74) is 2.20. The van der Waals surface area contributed by atoms with E-state index in [1.165, 1.54) is 29.8 Å². The number of carbonyl (C=O) groups excluding carboxylic acids is 2. The Morgan fingerprint density at radius 3 is 2.43 bits per heavy atom. The topological polar surface area (TPSA) is 40.6 Å². The first-order valence-electron chi connectivity index (χ1n) is 8.29. The van der Waals surface area contributed by atoms with E-state index >= 15 is 0 Å². The van der Waals surface area contributed by atoms with E-state index in [0.29, 0.717) is 11.4 Å². The number of thioether (sulfide) groups is 1. The third kappa shape index (κ3) is 3.61. The highest BCUT2D eigenvalue weighted by atomic mass is 32.2. The van der Waals surface area contributed by atoms with Gasteiger partial charge in [-0.1, -0.05) is 19.1 Å². The molecule has 4 nitrogen and oxygen atoms in total. The molecule has 1 aromatic rings. The van der Waals surface area contributed by atoms with E-state index in [2.05, 4.69) is 17.0 Å². The smallest absolute Gasteiger partial charge is 0.293 e. The van der Waals surface area contributed by atoms with Crippen LogP contribution in [0, 0.1) is 0 Å². The predicted octanol–water partition coefficient (Wildman–Crippen LogP) is 4.12. The fraction of sp³-hybridized carbons (Fsp3) is 0.444. The first kappa shape index (κ1) is 16.1. The summed E-state index contributed by atoms with van der Waals surface area (Å²) >= 11 is 1.04. The van der Waals surface area contributed by atoms with Gasteiger partial charge in [-0.15, -0.1) is 0 Å². The number of hydrogen-bond acceptors (Lipinski definition) is 4. The summed E-state index contributed by atoms with van der Waals surface area (Å²) in [7, 11) is 0. The van der Waals surface area contributed by atoms with Crippen molar-refractivity contribution in [3.8, 4) is 0 Å². The molecule has 1 aromatic carbocycles. The molecule has 2 aliphatic rings. The van der Waals surface area contributed by atoms with Crippen LogP contribution in [0.25, 0.3) is 6.08 Å². The van der Waals surface area contributed by atoms with Gasteiger partial charge in [0, 0.05) is 25.3 Å². The maximum Gasteiger partial charge on any atom is 0.293 e. The molecule has 0 unspecified atom stereocenters. The van der Waals surface area contributed by atoms with Gasteiger partial charge in [-0.25, -0.2) is 0 Å². The van der Waals surface area contributed by atoms with E-state index < -0.39 is 0 Å². The van der Waals surface area contributed by atoms with Gasteiger partial charge in [0.05, 0.1) is 4.91 Å². The minimum atomic E-state index is -0.165. The molecule has 0 spiro atoms. The molecule has 0 radical (unpaired) electrons. The monoisotopic (exact) mass is 330 g/mol. The standard InChI is InChI=1S/C18H22N2O2S/c1-2-10-20-17(21)16(23-18(20)22)13-14-6-8-15(9-7-14)19-11-4-3-5-12-19/h6-9,13H,2-5,10-12H2,1H3/b16-13-. The van der Waals surface area contributed by atoms with Gasteiger partial charge in [0.25, 0.3) is 11.1 Å². The van der Waals surface area contributed by atoms with Crippen molar-refractivity contribution < 1.29 is 9.59 Å². The second kappa shape index (κ2) is 7.21. The number of anilines is 1. The zero-order valence-electron chi connectivity index (χ0n) is 13.5. The number of hydrogen-bond donors (Lipinski definition) is 0. The van der Waals surface area contributed by atoms with Crippen LogP contribution in [-0.2, 0) is 4.79 Å². The lowest BCUT2D eigenvalue weighted by molar-refractivity contribution is -0.122. The van der Waals surface area contributed by atoms with Gasteiger partial charge in [-0.3, -0.25) is 14.5 Å². The van der Waals surface area contributed by atoms with Crippen LogP contribution in [0.15, 0.2) is 29.2 Å². The average molecular weight is 330 g/mol. The Kier molecular flexibility index (Phi) is 5.06. The summed E-state index contributed by atoms with van der Waals surface area (Å²) in [5.74, 6) is -0.165. The first-order valence-corrected chi connectivity index (χ1v) is 9.11. The maximum absolute atomic E-state index is 12.2. The lowest BCUT2D eigenvalue weighted by Crippen LogP contribution is -2.29. The highest BCUT2D eigenvalue weighted by Crippen LogP contribution is 2.32. The van der Waals surface area contributed by atoms with Gasteiger partial charge in [0.1, 0.15) is 0 Å². The van der Waals surface area contributed by atoms with Crippen LogP contribution in [0.3, 0.4) is 0 Å². The number of carbonyl (C=O) groups is 2. The van der Waals surface area contributed by atoms with Crippen LogP contribution < -0.4 is 4.90 Å². The van der Waals surface area contributed by atoms with Crippen molar-refractivity contribution in [2.75, 3.05) is 24.5 Å². The van der Waals surface area contributed by atoms with Gasteiger partial charge in [-0.05, 0) is 61.2 Å². The highest BCUT2D eigenvalue weighted by Gasteiger charge is 2.34. The number of nitrogens with zero attached hydrogens (tertiary/aromatic N) is 2. The molecule has 2 amide bonds. The summed E-state index contributed by atoms with van der Waals surface area (Å²) in [4.78, 5) is 28.3. The third-order valence-electron chi connectivity index (χ3n) is 4.23. The Hall–Kier alpha value is -1.75. The van der Waals surface area contributed by atoms with Crippen LogP contribution >= 0.6 is 11.8 Å². The van der Waals surface area contributed by atoms with Crippen molar-refractivity contribution in [3.05, 3.63) is 34.7 Å². The number of benzene rings is 1. The van der Waals surface area contributed by atoms with Crippen LogP contribution in [0.2, 0.25) is 0 Å². The van der Waals surface area contributed by atoms with Crippen LogP contribution in [0.5, 0.6) is 0 Å².